The number of phenols is 1. The van der Waals surface area contributed by atoms with Gasteiger partial charge >= 0.3 is 0 Å². The van der Waals surface area contributed by atoms with Crippen molar-refractivity contribution in [3.8, 4) is 5.75 Å². The lowest BCUT2D eigenvalue weighted by molar-refractivity contribution is -0.0266. The zero-order chi connectivity index (χ0) is 25.7. The van der Waals surface area contributed by atoms with Crippen molar-refractivity contribution in [2.24, 2.45) is 5.41 Å². The number of benzene rings is 3. The normalized spacial score (nSPS) is 22.0. The highest BCUT2D eigenvalue weighted by atomic mass is 16.3. The van der Waals surface area contributed by atoms with Gasteiger partial charge in [0, 0.05) is 42.7 Å². The van der Waals surface area contributed by atoms with E-state index in [2.05, 4.69) is 26.8 Å². The number of hydrogen-bond acceptors (Lipinski definition) is 3. The summed E-state index contributed by atoms with van der Waals surface area (Å²) in [4.78, 5) is 30.3. The second kappa shape index (κ2) is 8.81. The Morgan fingerprint density at radius 3 is 2.31 bits per heavy atom. The van der Waals surface area contributed by atoms with Crippen LogP contribution in [0.1, 0.15) is 64.6 Å². The van der Waals surface area contributed by atoms with Crippen molar-refractivity contribution in [2.45, 2.75) is 51.6 Å². The Morgan fingerprint density at radius 2 is 1.61 bits per heavy atom. The lowest BCUT2D eigenvalue weighted by atomic mass is 9.51. The number of fused-ring (bicyclic) bond motifs is 4. The molecule has 1 fully saturated rings. The van der Waals surface area contributed by atoms with Crippen molar-refractivity contribution in [1.29, 1.82) is 0 Å². The fourth-order valence-electron chi connectivity index (χ4n) is 6.24. The summed E-state index contributed by atoms with van der Waals surface area (Å²) in [6.07, 6.45) is 1.47. The first-order valence-corrected chi connectivity index (χ1v) is 12.7. The Balaban J connectivity index is 1.36. The molecule has 1 N–H and O–H groups in total. The van der Waals surface area contributed by atoms with Crippen LogP contribution in [-0.2, 0) is 18.4 Å². The summed E-state index contributed by atoms with van der Waals surface area (Å²) in [5.41, 5.74) is 4.10. The molecule has 0 radical (unpaired) electrons. The number of phenolic OH excluding ortho intramolecular Hbond substituents is 1. The lowest BCUT2D eigenvalue weighted by Gasteiger charge is -2.60. The van der Waals surface area contributed by atoms with Crippen molar-refractivity contribution in [3.63, 3.8) is 0 Å². The molecule has 0 unspecified atom stereocenters. The molecule has 2 atom stereocenters. The molecule has 2 amide bonds. The van der Waals surface area contributed by atoms with E-state index >= 15 is 0 Å². The van der Waals surface area contributed by atoms with E-state index in [1.54, 1.807) is 42.3 Å². The van der Waals surface area contributed by atoms with E-state index < -0.39 is 0 Å². The van der Waals surface area contributed by atoms with E-state index in [4.69, 9.17) is 0 Å². The van der Waals surface area contributed by atoms with E-state index in [1.807, 2.05) is 41.3 Å². The maximum absolute atomic E-state index is 13.7. The highest BCUT2D eigenvalue weighted by Crippen LogP contribution is 2.57. The first-order valence-electron chi connectivity index (χ1n) is 12.7. The Bertz CT molecular complexity index is 1300. The van der Waals surface area contributed by atoms with Gasteiger partial charge in [-0.05, 0) is 65.3 Å². The fraction of sp³-hybridized carbons (Fsp3) is 0.355. The molecule has 3 aromatic rings. The summed E-state index contributed by atoms with van der Waals surface area (Å²) >= 11 is 0. The number of hydrogen-bond donors (Lipinski definition) is 1. The Labute approximate surface area is 213 Å². The van der Waals surface area contributed by atoms with E-state index in [0.717, 1.165) is 17.5 Å². The number of likely N-dealkylation sites (tertiary alicyclic amines) is 1. The number of carbonyl (C=O) groups is 2. The summed E-state index contributed by atoms with van der Waals surface area (Å²) < 4.78 is 0. The third kappa shape index (κ3) is 3.78. The number of nitrogens with zero attached hydrogens (tertiary/aromatic N) is 2. The maximum Gasteiger partial charge on any atom is 0.254 e. The molecule has 2 aliphatic rings. The largest absolute Gasteiger partial charge is 0.508 e. The molecule has 5 nitrogen and oxygen atoms in total. The molecular formula is C31H34N2O3. The van der Waals surface area contributed by atoms with Crippen LogP contribution < -0.4 is 0 Å². The zero-order valence-electron chi connectivity index (χ0n) is 21.5. The highest BCUT2D eigenvalue weighted by molar-refractivity contribution is 5.98. The van der Waals surface area contributed by atoms with Gasteiger partial charge in [-0.3, -0.25) is 9.59 Å². The predicted octanol–water partition coefficient (Wildman–Crippen LogP) is 5.42. The molecule has 0 spiro atoms. The predicted molar refractivity (Wildman–Crippen MR) is 141 cm³/mol. The molecule has 1 saturated heterocycles. The zero-order valence-corrected chi connectivity index (χ0v) is 21.5. The SMILES string of the molecule is CN(Cc1ccccc1)C(=O)c1ccc(C(=O)N2CC[C@@]3(C)c4cccc(O)c4C[C@@H]2C3(C)C)cc1. The monoisotopic (exact) mass is 482 g/mol. The minimum atomic E-state index is -0.155. The molecule has 3 aromatic carbocycles. The molecule has 1 aliphatic carbocycles. The van der Waals surface area contributed by atoms with E-state index in [0.29, 0.717) is 36.4 Å². The minimum absolute atomic E-state index is 0.0226. The van der Waals surface area contributed by atoms with E-state index in [1.165, 1.54) is 5.56 Å². The van der Waals surface area contributed by atoms with Crippen LogP contribution in [0.25, 0.3) is 0 Å². The maximum atomic E-state index is 13.7. The average molecular weight is 483 g/mol. The first-order chi connectivity index (χ1) is 17.1. The third-order valence-corrected chi connectivity index (χ3v) is 8.88. The Morgan fingerprint density at radius 1 is 0.944 bits per heavy atom. The van der Waals surface area contributed by atoms with Crippen molar-refractivity contribution < 1.29 is 14.7 Å². The summed E-state index contributed by atoms with van der Waals surface area (Å²) in [6, 6.07) is 22.7. The molecule has 5 rings (SSSR count). The van der Waals surface area contributed by atoms with Gasteiger partial charge in [-0.2, -0.15) is 0 Å². The van der Waals surface area contributed by atoms with Crippen LogP contribution in [0.3, 0.4) is 0 Å². The quantitative estimate of drug-likeness (QED) is 0.540. The number of aromatic hydroxyl groups is 1. The van der Waals surface area contributed by atoms with Crippen LogP contribution in [0.15, 0.2) is 72.8 Å². The van der Waals surface area contributed by atoms with Gasteiger partial charge < -0.3 is 14.9 Å². The Kier molecular flexibility index (Phi) is 5.90. The second-order valence-corrected chi connectivity index (χ2v) is 11.0. The number of amides is 2. The smallest absolute Gasteiger partial charge is 0.254 e. The van der Waals surface area contributed by atoms with Gasteiger partial charge in [0.25, 0.3) is 11.8 Å². The van der Waals surface area contributed by atoms with Crippen molar-refractivity contribution in [3.05, 3.63) is 101 Å². The van der Waals surface area contributed by atoms with Gasteiger partial charge in [0.05, 0.1) is 0 Å². The highest BCUT2D eigenvalue weighted by Gasteiger charge is 2.57. The molecule has 5 heteroatoms. The van der Waals surface area contributed by atoms with Gasteiger partial charge in [0.15, 0.2) is 0 Å². The number of piperidine rings is 1. The van der Waals surface area contributed by atoms with Gasteiger partial charge in [-0.1, -0.05) is 63.2 Å². The number of rotatable bonds is 4. The summed E-state index contributed by atoms with van der Waals surface area (Å²) in [7, 11) is 1.79. The van der Waals surface area contributed by atoms with Crippen molar-refractivity contribution >= 4 is 11.8 Å². The topological polar surface area (TPSA) is 60.9 Å². The molecule has 36 heavy (non-hydrogen) atoms. The first kappa shape index (κ1) is 24.1. The molecule has 186 valence electrons. The molecule has 1 aliphatic heterocycles. The summed E-state index contributed by atoms with van der Waals surface area (Å²) in [6.45, 7) is 7.95. The molecule has 1 heterocycles. The van der Waals surface area contributed by atoms with Crippen molar-refractivity contribution in [2.75, 3.05) is 13.6 Å². The molecular weight excluding hydrogens is 448 g/mol. The molecule has 2 bridgehead atoms. The van der Waals surface area contributed by atoms with E-state index in [9.17, 15) is 14.7 Å². The van der Waals surface area contributed by atoms with Gasteiger partial charge in [0.1, 0.15) is 5.75 Å². The third-order valence-electron chi connectivity index (χ3n) is 8.88. The van der Waals surface area contributed by atoms with Gasteiger partial charge in [-0.25, -0.2) is 0 Å². The minimum Gasteiger partial charge on any atom is -0.508 e. The average Bonchev–Trinajstić information content (AvgIpc) is 2.86. The van der Waals surface area contributed by atoms with Gasteiger partial charge in [0.2, 0.25) is 0 Å². The van der Waals surface area contributed by atoms with Crippen molar-refractivity contribution in [1.82, 2.24) is 9.80 Å². The van der Waals surface area contributed by atoms with Crippen LogP contribution in [-0.4, -0.2) is 46.4 Å². The van der Waals surface area contributed by atoms with Crippen LogP contribution >= 0.6 is 0 Å². The van der Waals surface area contributed by atoms with Crippen LogP contribution in [0, 0.1) is 5.41 Å². The summed E-state index contributed by atoms with van der Waals surface area (Å²) in [5, 5.41) is 10.6. The number of carbonyl (C=O) groups excluding carboxylic acids is 2. The van der Waals surface area contributed by atoms with E-state index in [-0.39, 0.29) is 28.7 Å². The second-order valence-electron chi connectivity index (χ2n) is 11.0. The van der Waals surface area contributed by atoms with Crippen LogP contribution in [0.4, 0.5) is 0 Å². The van der Waals surface area contributed by atoms with Gasteiger partial charge in [-0.15, -0.1) is 0 Å². The summed E-state index contributed by atoms with van der Waals surface area (Å²) in [5.74, 6) is 0.216. The lowest BCUT2D eigenvalue weighted by Crippen LogP contribution is -2.64. The Hall–Kier alpha value is -3.60. The molecule has 0 aromatic heterocycles. The van der Waals surface area contributed by atoms with Crippen LogP contribution in [0.5, 0.6) is 5.75 Å². The fourth-order valence-corrected chi connectivity index (χ4v) is 6.24. The molecule has 0 saturated carbocycles. The van der Waals surface area contributed by atoms with Crippen LogP contribution in [0.2, 0.25) is 0 Å². The standard InChI is InChI=1S/C31H34N2O3/c1-30(2)27-19-24-25(11-8-12-26(24)34)31(30,3)17-18-33(27)29(36)23-15-13-22(14-16-23)28(35)32(4)20-21-9-6-5-7-10-21/h5-16,27,34H,17-20H2,1-4H3/t27-,31+/m1/s1.